The van der Waals surface area contributed by atoms with E-state index < -0.39 is 10.0 Å². The van der Waals surface area contributed by atoms with Gasteiger partial charge < -0.3 is 4.98 Å². The molecule has 1 saturated carbocycles. The number of hydrogen-bond acceptors (Lipinski definition) is 3. The predicted octanol–water partition coefficient (Wildman–Crippen LogP) is 2.84. The van der Waals surface area contributed by atoms with Gasteiger partial charge in [-0.15, -0.1) is 0 Å². The van der Waals surface area contributed by atoms with Crippen LogP contribution in [0.15, 0.2) is 47.6 Å². The van der Waals surface area contributed by atoms with Crippen LogP contribution in [0.25, 0.3) is 6.08 Å². The molecule has 0 bridgehead atoms. The molecule has 1 N–H and O–H groups in total. The summed E-state index contributed by atoms with van der Waals surface area (Å²) in [4.78, 5) is 7.02. The van der Waals surface area contributed by atoms with E-state index in [0.717, 1.165) is 18.4 Å². The number of benzene rings is 1. The van der Waals surface area contributed by atoms with Crippen LogP contribution in [-0.4, -0.2) is 35.3 Å². The molecule has 1 aromatic heterocycles. The minimum Gasteiger partial charge on any atom is -0.332 e. The molecule has 3 rings (SSSR count). The Morgan fingerprint density at radius 3 is 2.65 bits per heavy atom. The summed E-state index contributed by atoms with van der Waals surface area (Å²) < 4.78 is 27.2. The van der Waals surface area contributed by atoms with Crippen molar-refractivity contribution in [3.05, 3.63) is 54.0 Å². The minimum atomic E-state index is -3.52. The molecule has 1 aromatic carbocycles. The highest BCUT2D eigenvalue weighted by Gasteiger charge is 2.38. The monoisotopic (exact) mass is 331 g/mol. The number of imidazole rings is 1. The molecule has 0 amide bonds. The zero-order valence-corrected chi connectivity index (χ0v) is 14.0. The summed E-state index contributed by atoms with van der Waals surface area (Å²) in [6.45, 7) is 2.32. The molecule has 6 heteroatoms. The van der Waals surface area contributed by atoms with Crippen molar-refractivity contribution in [3.63, 3.8) is 0 Å². The van der Waals surface area contributed by atoms with Gasteiger partial charge in [-0.05, 0) is 18.4 Å². The number of rotatable bonds is 7. The van der Waals surface area contributed by atoms with E-state index in [0.29, 0.717) is 18.8 Å². The van der Waals surface area contributed by atoms with Crippen molar-refractivity contribution in [3.8, 4) is 0 Å². The third kappa shape index (κ3) is 3.71. The van der Waals surface area contributed by atoms with Gasteiger partial charge in [0, 0.05) is 19.0 Å². The maximum absolute atomic E-state index is 12.8. The van der Waals surface area contributed by atoms with Gasteiger partial charge >= 0.3 is 0 Å². The number of nitrogens with zero attached hydrogens (tertiary/aromatic N) is 2. The van der Waals surface area contributed by atoms with Crippen LogP contribution in [0.3, 0.4) is 0 Å². The molecule has 2 aromatic rings. The predicted molar refractivity (Wildman–Crippen MR) is 90.4 cm³/mol. The first-order valence-corrected chi connectivity index (χ1v) is 9.32. The Balaban J connectivity index is 1.77. The molecular formula is C17H21N3O2S. The second-order valence-corrected chi connectivity index (χ2v) is 7.53. The van der Waals surface area contributed by atoms with Crippen molar-refractivity contribution in [2.45, 2.75) is 37.3 Å². The Bertz CT molecular complexity index is 777. The Morgan fingerprint density at radius 2 is 2.04 bits per heavy atom. The third-order valence-corrected chi connectivity index (χ3v) is 5.70. The summed E-state index contributed by atoms with van der Waals surface area (Å²) in [7, 11) is -3.52. The van der Waals surface area contributed by atoms with Gasteiger partial charge in [-0.3, -0.25) is 0 Å². The van der Waals surface area contributed by atoms with Crippen LogP contribution in [0.4, 0.5) is 0 Å². The highest BCUT2D eigenvalue weighted by atomic mass is 32.2. The van der Waals surface area contributed by atoms with Gasteiger partial charge in [-0.2, -0.15) is 4.31 Å². The first-order chi connectivity index (χ1) is 11.1. The molecule has 0 atom stereocenters. The number of nitrogens with one attached hydrogen (secondary N) is 1. The lowest BCUT2D eigenvalue weighted by molar-refractivity contribution is 0.434. The van der Waals surface area contributed by atoms with Gasteiger partial charge in [0.25, 0.3) is 10.0 Å². The van der Waals surface area contributed by atoms with Crippen LogP contribution in [0.5, 0.6) is 0 Å². The van der Waals surface area contributed by atoms with E-state index >= 15 is 0 Å². The van der Waals surface area contributed by atoms with Crippen LogP contribution in [0, 0.1) is 0 Å². The second-order valence-electron chi connectivity index (χ2n) is 5.67. The Hall–Kier alpha value is -1.92. The van der Waals surface area contributed by atoms with E-state index in [1.807, 2.05) is 49.4 Å². The average molecular weight is 331 g/mol. The number of hydrogen-bond donors (Lipinski definition) is 1. The summed E-state index contributed by atoms with van der Waals surface area (Å²) in [5.74, 6) is 0.694. The van der Waals surface area contributed by atoms with E-state index in [4.69, 9.17) is 0 Å². The molecule has 1 fully saturated rings. The molecular weight excluding hydrogens is 310 g/mol. The molecule has 0 spiro atoms. The van der Waals surface area contributed by atoms with Gasteiger partial charge in [0.1, 0.15) is 5.82 Å². The Morgan fingerprint density at radius 1 is 1.30 bits per heavy atom. The number of aryl methyl sites for hydroxylation is 1. The normalized spacial score (nSPS) is 15.6. The SMILES string of the molecule is CCc1ncc(S(=O)(=O)N(CC=Cc2ccccc2)C2CC2)[nH]1. The van der Waals surface area contributed by atoms with Crippen molar-refractivity contribution < 1.29 is 8.42 Å². The highest BCUT2D eigenvalue weighted by Crippen LogP contribution is 2.31. The third-order valence-electron chi connectivity index (χ3n) is 3.88. The number of sulfonamides is 1. The maximum Gasteiger partial charge on any atom is 0.260 e. The van der Waals surface area contributed by atoms with Crippen molar-refractivity contribution >= 4 is 16.1 Å². The lowest BCUT2D eigenvalue weighted by atomic mass is 10.2. The molecule has 0 saturated heterocycles. The van der Waals surface area contributed by atoms with Crippen molar-refractivity contribution in [1.82, 2.24) is 14.3 Å². The van der Waals surface area contributed by atoms with Gasteiger partial charge in [-0.25, -0.2) is 13.4 Å². The zero-order valence-electron chi connectivity index (χ0n) is 13.1. The topological polar surface area (TPSA) is 66.1 Å². The average Bonchev–Trinajstić information content (AvgIpc) is 3.26. The lowest BCUT2D eigenvalue weighted by Crippen LogP contribution is -2.33. The quantitative estimate of drug-likeness (QED) is 0.848. The lowest BCUT2D eigenvalue weighted by Gasteiger charge is -2.19. The standard InChI is InChI=1S/C17H21N3O2S/c1-2-16-18-13-17(19-16)23(21,22)20(15-10-11-15)12-6-9-14-7-4-3-5-8-14/h3-9,13,15H,2,10-12H2,1H3,(H,18,19). The molecule has 1 aliphatic carbocycles. The highest BCUT2D eigenvalue weighted by molar-refractivity contribution is 7.89. The van der Waals surface area contributed by atoms with Gasteiger partial charge in [-0.1, -0.05) is 49.4 Å². The first-order valence-electron chi connectivity index (χ1n) is 7.88. The van der Waals surface area contributed by atoms with Crippen LogP contribution >= 0.6 is 0 Å². The van der Waals surface area contributed by atoms with E-state index in [-0.39, 0.29) is 11.1 Å². The Kier molecular flexibility index (Phi) is 4.63. The second kappa shape index (κ2) is 6.68. The molecule has 0 aliphatic heterocycles. The summed E-state index contributed by atoms with van der Waals surface area (Å²) in [5, 5.41) is 0.189. The van der Waals surface area contributed by atoms with E-state index in [9.17, 15) is 8.42 Å². The van der Waals surface area contributed by atoms with Gasteiger partial charge in [0.15, 0.2) is 5.03 Å². The Labute approximate surface area is 137 Å². The number of aromatic nitrogens is 2. The minimum absolute atomic E-state index is 0.105. The summed E-state index contributed by atoms with van der Waals surface area (Å²) in [6, 6.07) is 9.98. The van der Waals surface area contributed by atoms with Crippen molar-refractivity contribution in [1.29, 1.82) is 0 Å². The molecule has 0 radical (unpaired) electrons. The summed E-state index contributed by atoms with van der Waals surface area (Å²) in [6.07, 6.45) is 7.81. The molecule has 122 valence electrons. The molecule has 5 nitrogen and oxygen atoms in total. The number of H-pyrrole nitrogens is 1. The largest absolute Gasteiger partial charge is 0.332 e. The van der Waals surface area contributed by atoms with Crippen LogP contribution in [-0.2, 0) is 16.4 Å². The number of aromatic amines is 1. The smallest absolute Gasteiger partial charge is 0.260 e. The maximum atomic E-state index is 12.8. The fourth-order valence-corrected chi connectivity index (χ4v) is 4.01. The van der Waals surface area contributed by atoms with Crippen LogP contribution < -0.4 is 0 Å². The molecule has 1 heterocycles. The molecule has 0 unspecified atom stereocenters. The fourth-order valence-electron chi connectivity index (χ4n) is 2.44. The van der Waals surface area contributed by atoms with Crippen LogP contribution in [0.2, 0.25) is 0 Å². The van der Waals surface area contributed by atoms with Crippen molar-refractivity contribution in [2.75, 3.05) is 6.54 Å². The molecule has 1 aliphatic rings. The fraction of sp³-hybridized carbons (Fsp3) is 0.353. The van der Waals surface area contributed by atoms with Crippen LogP contribution in [0.1, 0.15) is 31.2 Å². The molecule has 23 heavy (non-hydrogen) atoms. The first kappa shape index (κ1) is 16.0. The van der Waals surface area contributed by atoms with E-state index in [2.05, 4.69) is 9.97 Å². The van der Waals surface area contributed by atoms with Gasteiger partial charge in [0.05, 0.1) is 6.20 Å². The van der Waals surface area contributed by atoms with Crippen molar-refractivity contribution in [2.24, 2.45) is 0 Å². The van der Waals surface area contributed by atoms with Gasteiger partial charge in [0.2, 0.25) is 0 Å². The zero-order chi connectivity index (χ0) is 16.3. The van der Waals surface area contributed by atoms with E-state index in [1.54, 1.807) is 4.31 Å². The summed E-state index contributed by atoms with van der Waals surface area (Å²) >= 11 is 0. The van der Waals surface area contributed by atoms with E-state index in [1.165, 1.54) is 6.20 Å². The summed E-state index contributed by atoms with van der Waals surface area (Å²) in [5.41, 5.74) is 1.07.